The Morgan fingerprint density at radius 3 is 2.90 bits per heavy atom. The van der Waals surface area contributed by atoms with Crippen molar-refractivity contribution in [1.29, 1.82) is 0 Å². The Kier molecular flexibility index (Phi) is 4.99. The van der Waals surface area contributed by atoms with Crippen molar-refractivity contribution in [2.24, 2.45) is 5.92 Å². The molecule has 2 aromatic rings. The Morgan fingerprint density at radius 2 is 2.14 bits per heavy atom. The maximum Gasteiger partial charge on any atom is 0.0949 e. The van der Waals surface area contributed by atoms with Crippen LogP contribution >= 0.6 is 11.8 Å². The molecular formula is C17H23N3S. The summed E-state index contributed by atoms with van der Waals surface area (Å²) in [7, 11) is 0. The van der Waals surface area contributed by atoms with E-state index in [0.29, 0.717) is 6.04 Å². The molecule has 3 rings (SSSR count). The van der Waals surface area contributed by atoms with E-state index in [1.54, 1.807) is 0 Å². The fourth-order valence-corrected chi connectivity index (χ4v) is 3.92. The van der Waals surface area contributed by atoms with Crippen LogP contribution in [0.25, 0.3) is 0 Å². The summed E-state index contributed by atoms with van der Waals surface area (Å²) in [6, 6.07) is 11.3. The summed E-state index contributed by atoms with van der Waals surface area (Å²) in [5.41, 5.74) is 0. The van der Waals surface area contributed by atoms with Crippen molar-refractivity contribution in [1.82, 2.24) is 14.5 Å². The molecule has 2 unspecified atom stereocenters. The van der Waals surface area contributed by atoms with Gasteiger partial charge in [-0.3, -0.25) is 0 Å². The molecule has 0 aliphatic carbocycles. The van der Waals surface area contributed by atoms with Gasteiger partial charge in [-0.25, -0.2) is 4.98 Å². The highest BCUT2D eigenvalue weighted by molar-refractivity contribution is 7.99. The van der Waals surface area contributed by atoms with Gasteiger partial charge in [-0.1, -0.05) is 25.1 Å². The van der Waals surface area contributed by atoms with E-state index in [1.807, 2.05) is 24.3 Å². The monoisotopic (exact) mass is 301 g/mol. The zero-order chi connectivity index (χ0) is 14.5. The van der Waals surface area contributed by atoms with E-state index in [1.165, 1.54) is 17.9 Å². The van der Waals surface area contributed by atoms with Gasteiger partial charge in [-0.15, -0.1) is 11.8 Å². The quantitative estimate of drug-likeness (QED) is 0.788. The van der Waals surface area contributed by atoms with E-state index in [0.717, 1.165) is 24.8 Å². The molecule has 0 N–H and O–H groups in total. The minimum absolute atomic E-state index is 0.572. The van der Waals surface area contributed by atoms with E-state index in [2.05, 4.69) is 57.9 Å². The van der Waals surface area contributed by atoms with Gasteiger partial charge in [0.25, 0.3) is 0 Å². The number of likely N-dealkylation sites (tertiary alicyclic amines) is 1. The second-order valence-electron chi connectivity index (χ2n) is 5.81. The van der Waals surface area contributed by atoms with Crippen LogP contribution in [0.5, 0.6) is 0 Å². The lowest BCUT2D eigenvalue weighted by Crippen LogP contribution is -2.41. The summed E-state index contributed by atoms with van der Waals surface area (Å²) in [4.78, 5) is 8.17. The standard InChI is InChI=1S/C17H23N3S/c1-15-7-9-19(13-17(15)20-10-8-18-14-20)11-12-21-16-5-3-2-4-6-16/h2-6,8,10,14-15,17H,7,9,11-13H2,1H3. The molecule has 21 heavy (non-hydrogen) atoms. The van der Waals surface area contributed by atoms with Gasteiger partial charge in [0.15, 0.2) is 0 Å². The first-order valence-corrected chi connectivity index (χ1v) is 8.69. The minimum Gasteiger partial charge on any atom is -0.333 e. The van der Waals surface area contributed by atoms with Gasteiger partial charge >= 0.3 is 0 Å². The zero-order valence-corrected chi connectivity index (χ0v) is 13.4. The number of nitrogens with zero attached hydrogens (tertiary/aromatic N) is 3. The summed E-state index contributed by atoms with van der Waals surface area (Å²) < 4.78 is 2.28. The Hall–Kier alpha value is -1.26. The first-order valence-electron chi connectivity index (χ1n) is 7.70. The molecule has 1 aromatic heterocycles. The molecule has 1 aliphatic heterocycles. The summed E-state index contributed by atoms with van der Waals surface area (Å²) in [5.74, 6) is 1.90. The first kappa shape index (κ1) is 14.7. The molecule has 2 atom stereocenters. The van der Waals surface area contributed by atoms with Crippen LogP contribution in [0.2, 0.25) is 0 Å². The maximum atomic E-state index is 4.20. The number of aromatic nitrogens is 2. The molecule has 0 amide bonds. The molecule has 1 aromatic carbocycles. The first-order chi connectivity index (χ1) is 10.3. The predicted octanol–water partition coefficient (Wildman–Crippen LogP) is 3.56. The Balaban J connectivity index is 1.50. The predicted molar refractivity (Wildman–Crippen MR) is 88.7 cm³/mol. The van der Waals surface area contributed by atoms with Crippen LogP contribution in [-0.2, 0) is 0 Å². The average molecular weight is 301 g/mol. The van der Waals surface area contributed by atoms with E-state index in [9.17, 15) is 0 Å². The molecule has 3 nitrogen and oxygen atoms in total. The number of rotatable bonds is 5. The third-order valence-corrected chi connectivity index (χ3v) is 5.32. The second kappa shape index (κ2) is 7.14. The number of hydrogen-bond donors (Lipinski definition) is 0. The highest BCUT2D eigenvalue weighted by Crippen LogP contribution is 2.27. The highest BCUT2D eigenvalue weighted by Gasteiger charge is 2.26. The number of thioether (sulfide) groups is 1. The van der Waals surface area contributed by atoms with Crippen LogP contribution in [0, 0.1) is 5.92 Å². The summed E-state index contributed by atoms with van der Waals surface area (Å²) in [5, 5.41) is 0. The van der Waals surface area contributed by atoms with Gasteiger partial charge in [-0.05, 0) is 31.0 Å². The van der Waals surface area contributed by atoms with Crippen LogP contribution < -0.4 is 0 Å². The molecule has 112 valence electrons. The average Bonchev–Trinajstić information content (AvgIpc) is 3.04. The van der Waals surface area contributed by atoms with Gasteiger partial charge in [0.2, 0.25) is 0 Å². The topological polar surface area (TPSA) is 21.1 Å². The maximum absolute atomic E-state index is 4.20. The molecule has 1 aliphatic rings. The molecule has 0 saturated carbocycles. The van der Waals surface area contributed by atoms with E-state index >= 15 is 0 Å². The molecule has 4 heteroatoms. The number of piperidine rings is 1. The third kappa shape index (κ3) is 3.89. The fourth-order valence-electron chi connectivity index (χ4n) is 2.98. The zero-order valence-electron chi connectivity index (χ0n) is 12.6. The van der Waals surface area contributed by atoms with Gasteiger partial charge in [0, 0.05) is 42.2 Å². The lowest BCUT2D eigenvalue weighted by molar-refractivity contribution is 0.139. The normalized spacial score (nSPS) is 23.3. The van der Waals surface area contributed by atoms with Gasteiger partial charge in [0.1, 0.15) is 0 Å². The number of benzene rings is 1. The smallest absolute Gasteiger partial charge is 0.0949 e. The van der Waals surface area contributed by atoms with Crippen molar-refractivity contribution in [3.8, 4) is 0 Å². The van der Waals surface area contributed by atoms with E-state index < -0.39 is 0 Å². The SMILES string of the molecule is CC1CCN(CCSc2ccccc2)CC1n1ccnc1. The van der Waals surface area contributed by atoms with Crippen LogP contribution in [0.15, 0.2) is 53.9 Å². The molecule has 0 radical (unpaired) electrons. The van der Waals surface area contributed by atoms with Crippen molar-refractivity contribution >= 4 is 11.8 Å². The largest absolute Gasteiger partial charge is 0.333 e. The molecular weight excluding hydrogens is 278 g/mol. The van der Waals surface area contributed by atoms with Crippen LogP contribution in [0.3, 0.4) is 0 Å². The van der Waals surface area contributed by atoms with Gasteiger partial charge in [-0.2, -0.15) is 0 Å². The van der Waals surface area contributed by atoms with Crippen molar-refractivity contribution in [2.75, 3.05) is 25.4 Å². The number of imidazole rings is 1. The van der Waals surface area contributed by atoms with E-state index in [4.69, 9.17) is 0 Å². The number of hydrogen-bond acceptors (Lipinski definition) is 3. The minimum atomic E-state index is 0.572. The molecule has 0 bridgehead atoms. The van der Waals surface area contributed by atoms with Crippen LogP contribution in [0.1, 0.15) is 19.4 Å². The molecule has 1 fully saturated rings. The van der Waals surface area contributed by atoms with Crippen molar-refractivity contribution in [3.05, 3.63) is 49.1 Å². The summed E-state index contributed by atoms with van der Waals surface area (Å²) in [6.07, 6.45) is 7.22. The van der Waals surface area contributed by atoms with Crippen molar-refractivity contribution in [3.63, 3.8) is 0 Å². The van der Waals surface area contributed by atoms with Crippen LogP contribution in [0.4, 0.5) is 0 Å². The Labute approximate surface area is 131 Å². The lowest BCUT2D eigenvalue weighted by Gasteiger charge is -2.37. The summed E-state index contributed by atoms with van der Waals surface area (Å²) in [6.45, 7) is 5.90. The molecule has 1 saturated heterocycles. The third-order valence-electron chi connectivity index (χ3n) is 4.33. The van der Waals surface area contributed by atoms with Crippen LogP contribution in [-0.4, -0.2) is 39.8 Å². The van der Waals surface area contributed by atoms with Crippen molar-refractivity contribution in [2.45, 2.75) is 24.3 Å². The molecule has 2 heterocycles. The molecule has 0 spiro atoms. The fraction of sp³-hybridized carbons (Fsp3) is 0.471. The summed E-state index contributed by atoms with van der Waals surface area (Å²) >= 11 is 1.95. The second-order valence-corrected chi connectivity index (χ2v) is 6.97. The van der Waals surface area contributed by atoms with Crippen molar-refractivity contribution < 1.29 is 0 Å². The highest BCUT2D eigenvalue weighted by atomic mass is 32.2. The van der Waals surface area contributed by atoms with E-state index in [-0.39, 0.29) is 0 Å². The van der Waals surface area contributed by atoms with Gasteiger partial charge < -0.3 is 9.47 Å². The van der Waals surface area contributed by atoms with Gasteiger partial charge in [0.05, 0.1) is 6.33 Å². The Bertz CT molecular complexity index is 526. The Morgan fingerprint density at radius 1 is 1.29 bits per heavy atom. The lowest BCUT2D eigenvalue weighted by atomic mass is 9.93.